The van der Waals surface area contributed by atoms with Gasteiger partial charge in [0.05, 0.1) is 12.4 Å². The zero-order chi connectivity index (χ0) is 14.5. The van der Waals surface area contributed by atoms with Gasteiger partial charge in [0.15, 0.2) is 23.0 Å². The highest BCUT2D eigenvalue weighted by atomic mass is 16.3. The Morgan fingerprint density at radius 2 is 1.00 bits per heavy atom. The standard InChI is InChI=1S/C14H12N2O4/c17-11-3-1-9(5-13(11)19)7-15-16-8-10-2-4-12(18)14(20)6-10/h1-8,17-20H/b15-7-,16-8-. The number of benzene rings is 2. The third-order valence-electron chi connectivity index (χ3n) is 2.48. The average molecular weight is 272 g/mol. The second-order valence-corrected chi connectivity index (χ2v) is 3.99. The van der Waals surface area contributed by atoms with E-state index in [0.717, 1.165) is 0 Å². The van der Waals surface area contributed by atoms with Crippen LogP contribution in [0.15, 0.2) is 46.6 Å². The van der Waals surface area contributed by atoms with Gasteiger partial charge in [0.2, 0.25) is 0 Å². The Kier molecular flexibility index (Phi) is 3.85. The molecule has 0 saturated heterocycles. The summed E-state index contributed by atoms with van der Waals surface area (Å²) < 4.78 is 0. The van der Waals surface area contributed by atoms with Crippen molar-refractivity contribution < 1.29 is 20.4 Å². The fraction of sp³-hybridized carbons (Fsp3) is 0. The van der Waals surface area contributed by atoms with E-state index in [0.29, 0.717) is 11.1 Å². The molecule has 2 aromatic carbocycles. The van der Waals surface area contributed by atoms with Crippen LogP contribution in [-0.2, 0) is 0 Å². The summed E-state index contributed by atoms with van der Waals surface area (Å²) in [5.74, 6) is -0.877. The summed E-state index contributed by atoms with van der Waals surface area (Å²) >= 11 is 0. The lowest BCUT2D eigenvalue weighted by Crippen LogP contribution is -1.82. The number of aromatic hydroxyl groups is 4. The first kappa shape index (κ1) is 13.4. The van der Waals surface area contributed by atoms with Crippen LogP contribution in [-0.4, -0.2) is 32.9 Å². The maximum absolute atomic E-state index is 9.29. The first-order valence-corrected chi connectivity index (χ1v) is 5.66. The van der Waals surface area contributed by atoms with E-state index in [4.69, 9.17) is 10.2 Å². The topological polar surface area (TPSA) is 106 Å². The minimum atomic E-state index is -0.235. The third kappa shape index (κ3) is 3.26. The molecular formula is C14H12N2O4. The third-order valence-corrected chi connectivity index (χ3v) is 2.48. The smallest absolute Gasteiger partial charge is 0.158 e. The van der Waals surface area contributed by atoms with E-state index in [-0.39, 0.29) is 23.0 Å². The van der Waals surface area contributed by atoms with Crippen molar-refractivity contribution >= 4 is 12.4 Å². The summed E-state index contributed by atoms with van der Waals surface area (Å²) in [6.45, 7) is 0. The van der Waals surface area contributed by atoms with Crippen LogP contribution in [0.4, 0.5) is 0 Å². The molecule has 0 spiro atoms. The van der Waals surface area contributed by atoms with E-state index in [1.165, 1.54) is 36.7 Å². The Morgan fingerprint density at radius 3 is 1.35 bits per heavy atom. The van der Waals surface area contributed by atoms with Crippen LogP contribution in [0.1, 0.15) is 11.1 Å². The monoisotopic (exact) mass is 272 g/mol. The van der Waals surface area contributed by atoms with Gasteiger partial charge in [-0.25, -0.2) is 0 Å². The fourth-order valence-electron chi connectivity index (χ4n) is 1.44. The van der Waals surface area contributed by atoms with Crippen LogP contribution in [0.5, 0.6) is 23.0 Å². The molecule has 4 N–H and O–H groups in total. The highest BCUT2D eigenvalue weighted by Gasteiger charge is 1.99. The van der Waals surface area contributed by atoms with Gasteiger partial charge in [-0.2, -0.15) is 10.2 Å². The second-order valence-electron chi connectivity index (χ2n) is 3.99. The molecule has 0 amide bonds. The molecule has 0 aliphatic heterocycles. The summed E-state index contributed by atoms with van der Waals surface area (Å²) in [5.41, 5.74) is 1.15. The van der Waals surface area contributed by atoms with Crippen molar-refractivity contribution in [2.45, 2.75) is 0 Å². The molecule has 0 aliphatic carbocycles. The molecule has 0 radical (unpaired) electrons. The van der Waals surface area contributed by atoms with Gasteiger partial charge < -0.3 is 20.4 Å². The molecule has 20 heavy (non-hydrogen) atoms. The largest absolute Gasteiger partial charge is 0.504 e. The lowest BCUT2D eigenvalue weighted by atomic mass is 10.2. The number of nitrogens with zero attached hydrogens (tertiary/aromatic N) is 2. The zero-order valence-corrected chi connectivity index (χ0v) is 10.3. The lowest BCUT2D eigenvalue weighted by Gasteiger charge is -1.97. The van der Waals surface area contributed by atoms with Crippen molar-refractivity contribution in [2.24, 2.45) is 10.2 Å². The first-order valence-electron chi connectivity index (χ1n) is 5.66. The predicted molar refractivity (Wildman–Crippen MR) is 74.7 cm³/mol. The predicted octanol–water partition coefficient (Wildman–Crippen LogP) is 1.96. The molecule has 0 aliphatic rings. The number of phenols is 4. The van der Waals surface area contributed by atoms with Gasteiger partial charge in [0.25, 0.3) is 0 Å². The quantitative estimate of drug-likeness (QED) is 0.389. The lowest BCUT2D eigenvalue weighted by molar-refractivity contribution is 0.403. The molecule has 6 nitrogen and oxygen atoms in total. The molecule has 0 saturated carbocycles. The summed E-state index contributed by atoms with van der Waals surface area (Å²) in [4.78, 5) is 0. The number of hydrogen-bond donors (Lipinski definition) is 4. The Labute approximate surface area is 114 Å². The minimum Gasteiger partial charge on any atom is -0.504 e. The number of hydrogen-bond acceptors (Lipinski definition) is 6. The van der Waals surface area contributed by atoms with Gasteiger partial charge in [-0.1, -0.05) is 0 Å². The van der Waals surface area contributed by atoms with Crippen LogP contribution in [0, 0.1) is 0 Å². The Balaban J connectivity index is 2.06. The molecule has 0 fully saturated rings. The Bertz CT molecular complexity index is 621. The van der Waals surface area contributed by atoms with Crippen molar-refractivity contribution in [3.63, 3.8) is 0 Å². The molecule has 0 aromatic heterocycles. The van der Waals surface area contributed by atoms with Crippen molar-refractivity contribution in [1.82, 2.24) is 0 Å². The van der Waals surface area contributed by atoms with Crippen LogP contribution in [0.2, 0.25) is 0 Å². The van der Waals surface area contributed by atoms with Gasteiger partial charge in [-0.15, -0.1) is 0 Å². The van der Waals surface area contributed by atoms with E-state index in [1.54, 1.807) is 12.1 Å². The first-order chi connectivity index (χ1) is 9.56. The highest BCUT2D eigenvalue weighted by Crippen LogP contribution is 2.24. The molecule has 0 atom stereocenters. The molecule has 0 unspecified atom stereocenters. The zero-order valence-electron chi connectivity index (χ0n) is 10.3. The Morgan fingerprint density at radius 1 is 0.600 bits per heavy atom. The van der Waals surface area contributed by atoms with Crippen molar-refractivity contribution in [3.05, 3.63) is 47.5 Å². The molecule has 0 bridgehead atoms. The SMILES string of the molecule is Oc1ccc(/C=N\N=C/c2ccc(O)c(O)c2)cc1O. The molecule has 2 rings (SSSR count). The second kappa shape index (κ2) is 5.75. The van der Waals surface area contributed by atoms with E-state index >= 15 is 0 Å². The normalized spacial score (nSPS) is 11.4. The van der Waals surface area contributed by atoms with E-state index < -0.39 is 0 Å². The van der Waals surface area contributed by atoms with Crippen molar-refractivity contribution in [1.29, 1.82) is 0 Å². The summed E-state index contributed by atoms with van der Waals surface area (Å²) in [6.07, 6.45) is 2.80. The van der Waals surface area contributed by atoms with Gasteiger partial charge in [0, 0.05) is 0 Å². The van der Waals surface area contributed by atoms with Gasteiger partial charge in [0.1, 0.15) is 0 Å². The molecule has 0 heterocycles. The van der Waals surface area contributed by atoms with E-state index in [9.17, 15) is 10.2 Å². The summed E-state index contributed by atoms with van der Waals surface area (Å²) in [7, 11) is 0. The van der Waals surface area contributed by atoms with Crippen LogP contribution < -0.4 is 0 Å². The van der Waals surface area contributed by atoms with Crippen molar-refractivity contribution in [2.75, 3.05) is 0 Å². The van der Waals surface area contributed by atoms with Crippen LogP contribution >= 0.6 is 0 Å². The van der Waals surface area contributed by atoms with Gasteiger partial charge >= 0.3 is 0 Å². The Hall–Kier alpha value is -3.02. The van der Waals surface area contributed by atoms with Gasteiger partial charge in [-0.3, -0.25) is 0 Å². The highest BCUT2D eigenvalue weighted by molar-refractivity contribution is 5.83. The molecule has 6 heteroatoms. The van der Waals surface area contributed by atoms with E-state index in [2.05, 4.69) is 10.2 Å². The maximum atomic E-state index is 9.29. The molecule has 2 aromatic rings. The minimum absolute atomic E-state index is 0.204. The number of phenolic OH excluding ortho intramolecular Hbond substituents is 4. The average Bonchev–Trinajstić information content (AvgIpc) is 2.42. The fourth-order valence-corrected chi connectivity index (χ4v) is 1.44. The van der Waals surface area contributed by atoms with Crippen LogP contribution in [0.25, 0.3) is 0 Å². The van der Waals surface area contributed by atoms with Crippen molar-refractivity contribution in [3.8, 4) is 23.0 Å². The molecule has 102 valence electrons. The summed E-state index contributed by atoms with van der Waals surface area (Å²) in [5, 5.41) is 44.4. The van der Waals surface area contributed by atoms with E-state index in [1.807, 2.05) is 0 Å². The summed E-state index contributed by atoms with van der Waals surface area (Å²) in [6, 6.07) is 8.53. The maximum Gasteiger partial charge on any atom is 0.158 e. The van der Waals surface area contributed by atoms with Gasteiger partial charge in [-0.05, 0) is 47.5 Å². The molecular weight excluding hydrogens is 260 g/mol. The van der Waals surface area contributed by atoms with Crippen LogP contribution in [0.3, 0.4) is 0 Å². The number of rotatable bonds is 3.